The van der Waals surface area contributed by atoms with Crippen LogP contribution >= 0.6 is 27.3 Å². The predicted molar refractivity (Wildman–Crippen MR) is 81.3 cm³/mol. The van der Waals surface area contributed by atoms with Crippen LogP contribution < -0.4 is 16.4 Å². The number of carbonyl (C=O) groups is 1. The monoisotopic (exact) mass is 340 g/mol. The van der Waals surface area contributed by atoms with Gasteiger partial charge in [-0.05, 0) is 28.1 Å². The van der Waals surface area contributed by atoms with Crippen molar-refractivity contribution in [3.63, 3.8) is 0 Å². The summed E-state index contributed by atoms with van der Waals surface area (Å²) in [5.41, 5.74) is 15.4. The van der Waals surface area contributed by atoms with Gasteiger partial charge in [0, 0.05) is 22.6 Å². The maximum absolute atomic E-state index is 11.3. The fraction of sp³-hybridized carbons (Fsp3) is 0.167. The molecule has 19 heavy (non-hydrogen) atoms. The summed E-state index contributed by atoms with van der Waals surface area (Å²) in [5.74, 6) is -0.534. The molecule has 0 aliphatic heterocycles. The first-order valence-corrected chi connectivity index (χ1v) is 7.19. The van der Waals surface area contributed by atoms with Gasteiger partial charge in [0.25, 0.3) is 5.91 Å². The Balaban J connectivity index is 2.33. The minimum atomic E-state index is -0.534. The molecule has 1 aromatic carbocycles. The van der Waals surface area contributed by atoms with Crippen LogP contribution in [0.25, 0.3) is 0 Å². The number of hydrogen-bond donors (Lipinski definition) is 2. The van der Waals surface area contributed by atoms with Gasteiger partial charge in [0.1, 0.15) is 0 Å². The van der Waals surface area contributed by atoms with Crippen LogP contribution in [0, 0.1) is 0 Å². The maximum atomic E-state index is 11.3. The highest BCUT2D eigenvalue weighted by Gasteiger charge is 2.14. The Kier molecular flexibility index (Phi) is 4.06. The van der Waals surface area contributed by atoms with Crippen molar-refractivity contribution in [1.29, 1.82) is 0 Å². The average Bonchev–Trinajstić information content (AvgIpc) is 2.81. The van der Waals surface area contributed by atoms with Gasteiger partial charge in [0.05, 0.1) is 29.0 Å². The molecule has 0 bridgehead atoms. The Morgan fingerprint density at radius 3 is 2.84 bits per heavy atom. The number of benzene rings is 1. The number of amides is 1. The minimum absolute atomic E-state index is 0.323. The van der Waals surface area contributed by atoms with E-state index in [2.05, 4.69) is 20.9 Å². The number of thiazole rings is 1. The Morgan fingerprint density at radius 1 is 1.53 bits per heavy atom. The third kappa shape index (κ3) is 3.05. The highest BCUT2D eigenvalue weighted by molar-refractivity contribution is 9.10. The number of aromatic nitrogens is 1. The summed E-state index contributed by atoms with van der Waals surface area (Å²) in [6.45, 7) is 0.643. The molecule has 2 rings (SSSR count). The SMILES string of the molecule is CN(Cc1cscn1)c1cc(C(N)=O)c(N)cc1Br. The van der Waals surface area contributed by atoms with E-state index in [1.807, 2.05) is 17.3 Å². The number of carbonyl (C=O) groups excluding carboxylic acids is 1. The van der Waals surface area contributed by atoms with Gasteiger partial charge in [-0.25, -0.2) is 4.98 Å². The summed E-state index contributed by atoms with van der Waals surface area (Å²) in [6, 6.07) is 3.38. The summed E-state index contributed by atoms with van der Waals surface area (Å²) >= 11 is 4.99. The first kappa shape index (κ1) is 13.8. The van der Waals surface area contributed by atoms with Crippen molar-refractivity contribution in [3.05, 3.63) is 38.8 Å². The second kappa shape index (κ2) is 5.58. The molecule has 4 N–H and O–H groups in total. The predicted octanol–water partition coefficient (Wildman–Crippen LogP) is 2.22. The van der Waals surface area contributed by atoms with Gasteiger partial charge in [0.2, 0.25) is 0 Å². The molecule has 0 fully saturated rings. The second-order valence-electron chi connectivity index (χ2n) is 4.09. The van der Waals surface area contributed by atoms with E-state index in [0.717, 1.165) is 15.9 Å². The lowest BCUT2D eigenvalue weighted by Crippen LogP contribution is -2.19. The van der Waals surface area contributed by atoms with Crippen molar-refractivity contribution in [3.8, 4) is 0 Å². The van der Waals surface area contributed by atoms with Crippen LogP contribution in [-0.4, -0.2) is 17.9 Å². The van der Waals surface area contributed by atoms with Crippen LogP contribution in [-0.2, 0) is 6.54 Å². The van der Waals surface area contributed by atoms with Crippen molar-refractivity contribution in [1.82, 2.24) is 4.98 Å². The number of hydrogen-bond acceptors (Lipinski definition) is 5. The number of halogens is 1. The Hall–Kier alpha value is -1.60. The first-order chi connectivity index (χ1) is 8.99. The third-order valence-corrected chi connectivity index (χ3v) is 3.95. The summed E-state index contributed by atoms with van der Waals surface area (Å²) in [6.07, 6.45) is 0. The number of primary amides is 1. The molecule has 0 unspecified atom stereocenters. The van der Waals surface area contributed by atoms with Crippen molar-refractivity contribution < 1.29 is 4.79 Å². The molecule has 100 valence electrons. The number of nitrogen functional groups attached to an aromatic ring is 1. The average molecular weight is 341 g/mol. The number of nitrogens with zero attached hydrogens (tertiary/aromatic N) is 2. The highest BCUT2D eigenvalue weighted by Crippen LogP contribution is 2.31. The van der Waals surface area contributed by atoms with Gasteiger partial charge in [-0.3, -0.25) is 4.79 Å². The fourth-order valence-corrected chi connectivity index (χ4v) is 2.94. The molecule has 1 aromatic heterocycles. The Morgan fingerprint density at radius 2 is 2.26 bits per heavy atom. The smallest absolute Gasteiger partial charge is 0.250 e. The van der Waals surface area contributed by atoms with Gasteiger partial charge in [0.15, 0.2) is 0 Å². The van der Waals surface area contributed by atoms with E-state index >= 15 is 0 Å². The standard InChI is InChI=1S/C12H13BrN4OS/c1-17(4-7-5-19-6-16-7)11-2-8(12(15)18)10(14)3-9(11)13/h2-3,5-6H,4,14H2,1H3,(H2,15,18). The summed E-state index contributed by atoms with van der Waals surface area (Å²) in [7, 11) is 1.92. The van der Waals surface area contributed by atoms with Crippen molar-refractivity contribution in [2.45, 2.75) is 6.54 Å². The van der Waals surface area contributed by atoms with E-state index in [9.17, 15) is 4.79 Å². The molecular formula is C12H13BrN4OS. The van der Waals surface area contributed by atoms with Crippen molar-refractivity contribution in [2.24, 2.45) is 5.73 Å². The van der Waals surface area contributed by atoms with Crippen molar-refractivity contribution in [2.75, 3.05) is 17.7 Å². The van der Waals surface area contributed by atoms with E-state index in [1.54, 1.807) is 29.0 Å². The normalized spacial score (nSPS) is 10.4. The lowest BCUT2D eigenvalue weighted by molar-refractivity contribution is 0.100. The topological polar surface area (TPSA) is 85.2 Å². The van der Waals surface area contributed by atoms with E-state index < -0.39 is 5.91 Å². The van der Waals surface area contributed by atoms with Crippen LogP contribution in [0.15, 0.2) is 27.5 Å². The molecule has 0 spiro atoms. The number of anilines is 2. The molecule has 2 aromatic rings. The van der Waals surface area contributed by atoms with E-state index in [4.69, 9.17) is 11.5 Å². The molecule has 5 nitrogen and oxygen atoms in total. The molecule has 0 saturated carbocycles. The second-order valence-corrected chi connectivity index (χ2v) is 5.66. The lowest BCUT2D eigenvalue weighted by Gasteiger charge is -2.21. The Labute approximate surface area is 123 Å². The third-order valence-electron chi connectivity index (χ3n) is 2.68. The van der Waals surface area contributed by atoms with Crippen LogP contribution in [0.1, 0.15) is 16.1 Å². The molecule has 0 saturated heterocycles. The van der Waals surface area contributed by atoms with Gasteiger partial charge >= 0.3 is 0 Å². The van der Waals surface area contributed by atoms with Gasteiger partial charge < -0.3 is 16.4 Å². The van der Waals surface area contributed by atoms with Crippen LogP contribution in [0.3, 0.4) is 0 Å². The zero-order chi connectivity index (χ0) is 14.0. The molecule has 1 amide bonds. The molecule has 0 aliphatic rings. The van der Waals surface area contributed by atoms with Crippen LogP contribution in [0.4, 0.5) is 11.4 Å². The molecule has 0 atom stereocenters. The molecular weight excluding hydrogens is 328 g/mol. The quantitative estimate of drug-likeness (QED) is 0.835. The molecule has 7 heteroatoms. The van der Waals surface area contributed by atoms with Crippen LogP contribution in [0.5, 0.6) is 0 Å². The highest BCUT2D eigenvalue weighted by atomic mass is 79.9. The van der Waals surface area contributed by atoms with E-state index in [-0.39, 0.29) is 0 Å². The van der Waals surface area contributed by atoms with Crippen molar-refractivity contribution >= 4 is 44.5 Å². The lowest BCUT2D eigenvalue weighted by atomic mass is 10.1. The van der Waals surface area contributed by atoms with E-state index in [1.165, 1.54) is 0 Å². The summed E-state index contributed by atoms with van der Waals surface area (Å²) < 4.78 is 0.813. The number of nitrogens with two attached hydrogens (primary N) is 2. The van der Waals surface area contributed by atoms with Gasteiger partial charge in [-0.1, -0.05) is 0 Å². The molecule has 0 aliphatic carbocycles. The zero-order valence-corrected chi connectivity index (χ0v) is 12.7. The summed E-state index contributed by atoms with van der Waals surface area (Å²) in [4.78, 5) is 17.5. The van der Waals surface area contributed by atoms with E-state index in [0.29, 0.717) is 17.8 Å². The molecule has 0 radical (unpaired) electrons. The zero-order valence-electron chi connectivity index (χ0n) is 10.3. The minimum Gasteiger partial charge on any atom is -0.398 e. The largest absolute Gasteiger partial charge is 0.398 e. The Bertz CT molecular complexity index is 600. The van der Waals surface area contributed by atoms with Gasteiger partial charge in [-0.2, -0.15) is 0 Å². The van der Waals surface area contributed by atoms with Gasteiger partial charge in [-0.15, -0.1) is 11.3 Å². The maximum Gasteiger partial charge on any atom is 0.250 e. The first-order valence-electron chi connectivity index (χ1n) is 5.46. The summed E-state index contributed by atoms with van der Waals surface area (Å²) in [5, 5.41) is 1.98. The fourth-order valence-electron chi connectivity index (χ4n) is 1.73. The number of rotatable bonds is 4. The van der Waals surface area contributed by atoms with Crippen LogP contribution in [0.2, 0.25) is 0 Å². The molecule has 1 heterocycles.